The molecule has 3 fully saturated rings. The van der Waals surface area contributed by atoms with Crippen LogP contribution >= 0.6 is 11.3 Å². The molecular weight excluding hydrogens is 531 g/mol. The van der Waals surface area contributed by atoms with Gasteiger partial charge in [-0.15, -0.1) is 11.3 Å². The molecule has 2 aromatic heterocycles. The Bertz CT molecular complexity index is 1180. The topological polar surface area (TPSA) is 79.8 Å². The van der Waals surface area contributed by atoms with Gasteiger partial charge >= 0.3 is 6.18 Å². The summed E-state index contributed by atoms with van der Waals surface area (Å²) in [5, 5.41) is 6.67. The summed E-state index contributed by atoms with van der Waals surface area (Å²) in [6.45, 7) is 3.23. The van der Waals surface area contributed by atoms with E-state index in [1.54, 1.807) is 29.5 Å². The third kappa shape index (κ3) is 5.28. The summed E-state index contributed by atoms with van der Waals surface area (Å²) in [4.78, 5) is 26.7. The number of aromatic nitrogens is 2. The number of nitrogens with zero attached hydrogens (tertiary/aromatic N) is 4. The third-order valence-corrected chi connectivity index (χ3v) is 9.85. The van der Waals surface area contributed by atoms with Gasteiger partial charge in [0.05, 0.1) is 24.2 Å². The van der Waals surface area contributed by atoms with Crippen LogP contribution in [-0.2, 0) is 33.4 Å². The summed E-state index contributed by atoms with van der Waals surface area (Å²) < 4.78 is 51.3. The maximum atomic E-state index is 14.1. The van der Waals surface area contributed by atoms with Gasteiger partial charge in [0.25, 0.3) is 0 Å². The summed E-state index contributed by atoms with van der Waals surface area (Å²) in [7, 11) is 1.71. The predicted octanol–water partition coefficient (Wildman–Crippen LogP) is 3.51. The van der Waals surface area contributed by atoms with Gasteiger partial charge in [0.15, 0.2) is 5.13 Å². The molecule has 5 heterocycles. The lowest BCUT2D eigenvalue weighted by Gasteiger charge is -2.36. The second-order valence-electron chi connectivity index (χ2n) is 11.3. The largest absolute Gasteiger partial charge is 0.417 e. The fourth-order valence-electron chi connectivity index (χ4n) is 7.01. The average Bonchev–Trinajstić information content (AvgIpc) is 3.68. The van der Waals surface area contributed by atoms with Crippen molar-refractivity contribution in [1.82, 2.24) is 20.2 Å². The lowest BCUT2D eigenvalue weighted by Crippen LogP contribution is -2.51. The Balaban J connectivity index is 1.22. The van der Waals surface area contributed by atoms with E-state index >= 15 is 0 Å². The zero-order chi connectivity index (χ0) is 27.2. The Morgan fingerprint density at radius 1 is 1.31 bits per heavy atom. The van der Waals surface area contributed by atoms with Gasteiger partial charge in [-0.2, -0.15) is 13.2 Å². The van der Waals surface area contributed by atoms with E-state index in [1.807, 2.05) is 5.38 Å². The van der Waals surface area contributed by atoms with Crippen LogP contribution in [0.5, 0.6) is 0 Å². The van der Waals surface area contributed by atoms with Crippen molar-refractivity contribution in [3.63, 3.8) is 0 Å². The number of hydrogen-bond acceptors (Lipinski definition) is 8. The number of alkyl halides is 3. The lowest BCUT2D eigenvalue weighted by molar-refractivity contribution is -0.139. The molecule has 0 radical (unpaired) electrons. The summed E-state index contributed by atoms with van der Waals surface area (Å²) in [5.41, 5.74) is 0.145. The van der Waals surface area contributed by atoms with Crippen molar-refractivity contribution in [1.29, 1.82) is 0 Å². The zero-order valence-corrected chi connectivity index (χ0v) is 22.8. The van der Waals surface area contributed by atoms with Crippen LogP contribution in [0, 0.1) is 11.3 Å². The maximum Gasteiger partial charge on any atom is 0.417 e. The molecule has 212 valence electrons. The van der Waals surface area contributed by atoms with Crippen LogP contribution in [0.25, 0.3) is 0 Å². The molecule has 2 aromatic rings. The van der Waals surface area contributed by atoms with Gasteiger partial charge in [0.1, 0.15) is 0 Å². The average molecular weight is 566 g/mol. The number of fused-ring (bicyclic) bond motifs is 1. The SMILES string of the molecule is COC1COCCC1NC1CCC2(C1)CN(c1nccs1)CC2C(=O)N1CCc2ncc(C(F)(F)F)cc2C1. The smallest absolute Gasteiger partial charge is 0.379 e. The Hall–Kier alpha value is -2.28. The molecule has 8 nitrogen and oxygen atoms in total. The Morgan fingerprint density at radius 3 is 2.95 bits per heavy atom. The summed E-state index contributed by atoms with van der Waals surface area (Å²) >= 11 is 1.57. The number of carbonyl (C=O) groups is 1. The monoisotopic (exact) mass is 565 g/mol. The quantitative estimate of drug-likeness (QED) is 0.595. The summed E-state index contributed by atoms with van der Waals surface area (Å²) in [6, 6.07) is 1.63. The first-order valence-electron chi connectivity index (χ1n) is 13.6. The second kappa shape index (κ2) is 10.6. The van der Waals surface area contributed by atoms with Gasteiger partial charge in [0, 0.05) is 87.3 Å². The van der Waals surface area contributed by atoms with Crippen LogP contribution in [-0.4, -0.2) is 78.9 Å². The highest BCUT2D eigenvalue weighted by Crippen LogP contribution is 2.51. The van der Waals surface area contributed by atoms with Gasteiger partial charge in [-0.1, -0.05) is 0 Å². The number of ether oxygens (including phenoxy) is 2. The molecule has 0 aromatic carbocycles. The fourth-order valence-corrected chi connectivity index (χ4v) is 7.67. The van der Waals surface area contributed by atoms with E-state index in [-0.39, 0.29) is 42.0 Å². The van der Waals surface area contributed by atoms with Crippen molar-refractivity contribution in [2.45, 2.75) is 63.0 Å². The van der Waals surface area contributed by atoms with E-state index in [4.69, 9.17) is 9.47 Å². The van der Waals surface area contributed by atoms with Crippen LogP contribution in [0.15, 0.2) is 23.8 Å². The van der Waals surface area contributed by atoms with Gasteiger partial charge in [0.2, 0.25) is 5.91 Å². The van der Waals surface area contributed by atoms with Crippen molar-refractivity contribution < 1.29 is 27.4 Å². The fraction of sp³-hybridized carbons (Fsp3) is 0.667. The maximum absolute atomic E-state index is 14.1. The molecule has 4 aliphatic rings. The number of carbonyl (C=O) groups excluding carboxylic acids is 1. The molecular formula is C27H34F3N5O3S. The van der Waals surface area contributed by atoms with Crippen molar-refractivity contribution in [2.75, 3.05) is 44.9 Å². The number of methoxy groups -OCH3 is 1. The highest BCUT2D eigenvalue weighted by atomic mass is 32.1. The number of hydrogen-bond donors (Lipinski definition) is 1. The summed E-state index contributed by atoms with van der Waals surface area (Å²) in [6.07, 6.45) is 2.30. The van der Waals surface area contributed by atoms with Gasteiger partial charge in [-0.05, 0) is 37.3 Å². The first-order chi connectivity index (χ1) is 18.8. The minimum atomic E-state index is -4.46. The molecule has 3 aliphatic heterocycles. The van der Waals surface area contributed by atoms with Crippen LogP contribution < -0.4 is 10.2 Å². The molecule has 1 saturated carbocycles. The third-order valence-electron chi connectivity index (χ3n) is 9.01. The van der Waals surface area contributed by atoms with Crippen molar-refractivity contribution in [2.24, 2.45) is 11.3 Å². The molecule has 6 rings (SSSR count). The molecule has 1 aliphatic carbocycles. The Morgan fingerprint density at radius 2 is 2.18 bits per heavy atom. The van der Waals surface area contributed by atoms with Crippen molar-refractivity contribution in [3.8, 4) is 0 Å². The van der Waals surface area contributed by atoms with Gasteiger partial charge < -0.3 is 24.6 Å². The number of thiazole rings is 1. The summed E-state index contributed by atoms with van der Waals surface area (Å²) in [5.74, 6) is -0.222. The van der Waals surface area contributed by atoms with E-state index in [1.165, 1.54) is 0 Å². The minimum Gasteiger partial charge on any atom is -0.379 e. The molecule has 1 spiro atoms. The lowest BCUT2D eigenvalue weighted by atomic mass is 9.75. The standard InChI is InChI=1S/C27H34F3N5O3S/c1-37-23-15-38-8-4-22(23)33-19-2-5-26(11-19)16-35(25-31-6-9-39-25)14-20(26)24(36)34-7-3-21-17(13-34)10-18(12-32-21)27(28,29)30/h6,9-10,12,19-20,22-23,33H,2-5,7-8,11,13-16H2,1H3. The van der Waals surface area contributed by atoms with Gasteiger partial charge in [-0.3, -0.25) is 9.78 Å². The predicted molar refractivity (Wildman–Crippen MR) is 139 cm³/mol. The normalized spacial score (nSPS) is 31.2. The molecule has 39 heavy (non-hydrogen) atoms. The van der Waals surface area contributed by atoms with E-state index < -0.39 is 11.7 Å². The first kappa shape index (κ1) is 26.9. The number of nitrogens with one attached hydrogen (secondary N) is 1. The highest BCUT2D eigenvalue weighted by Gasteiger charge is 2.55. The number of anilines is 1. The van der Waals surface area contributed by atoms with E-state index in [9.17, 15) is 18.0 Å². The molecule has 12 heteroatoms. The van der Waals surface area contributed by atoms with E-state index in [0.717, 1.165) is 49.6 Å². The van der Waals surface area contributed by atoms with Gasteiger partial charge in [-0.25, -0.2) is 4.98 Å². The highest BCUT2D eigenvalue weighted by molar-refractivity contribution is 7.13. The van der Waals surface area contributed by atoms with E-state index in [0.29, 0.717) is 44.0 Å². The van der Waals surface area contributed by atoms with Crippen molar-refractivity contribution in [3.05, 3.63) is 40.7 Å². The minimum absolute atomic E-state index is 0.00624. The molecule has 5 unspecified atom stereocenters. The number of halogens is 3. The van der Waals surface area contributed by atoms with Crippen LogP contribution in [0.2, 0.25) is 0 Å². The zero-order valence-electron chi connectivity index (χ0n) is 22.0. The number of amides is 1. The molecule has 1 amide bonds. The van der Waals surface area contributed by atoms with Crippen LogP contribution in [0.1, 0.15) is 42.5 Å². The molecule has 0 bridgehead atoms. The first-order valence-corrected chi connectivity index (χ1v) is 14.5. The number of pyridine rings is 1. The van der Waals surface area contributed by atoms with Crippen LogP contribution in [0.4, 0.5) is 18.3 Å². The molecule has 5 atom stereocenters. The van der Waals surface area contributed by atoms with E-state index in [2.05, 4.69) is 20.2 Å². The Labute approximate surface area is 229 Å². The second-order valence-corrected chi connectivity index (χ2v) is 12.2. The molecule has 2 saturated heterocycles. The van der Waals surface area contributed by atoms with Crippen LogP contribution in [0.3, 0.4) is 0 Å². The van der Waals surface area contributed by atoms with Crippen molar-refractivity contribution >= 4 is 22.4 Å². The molecule has 1 N–H and O–H groups in total. The number of rotatable bonds is 5. The Kier molecular flexibility index (Phi) is 7.32.